The van der Waals surface area contributed by atoms with Gasteiger partial charge in [0, 0.05) is 34.0 Å². The average Bonchev–Trinajstić information content (AvgIpc) is 3.97. The number of rotatable bonds is 16. The van der Waals surface area contributed by atoms with Crippen molar-refractivity contribution in [3.63, 3.8) is 0 Å². The van der Waals surface area contributed by atoms with Gasteiger partial charge in [-0.05, 0) is 57.0 Å². The molecular formula is C41H41ClN10O8S. The Bertz CT molecular complexity index is 2570. The molecule has 18 nitrogen and oxygen atoms in total. The topological polar surface area (TPSA) is 214 Å². The zero-order chi connectivity index (χ0) is 42.8. The molecule has 6 heterocycles. The van der Waals surface area contributed by atoms with Crippen LogP contribution in [-0.4, -0.2) is 109 Å². The summed E-state index contributed by atoms with van der Waals surface area (Å²) >= 11 is 7.88. The second-order valence-corrected chi connectivity index (χ2v) is 16.2. The number of carbonyl (C=O) groups is 5. The van der Waals surface area contributed by atoms with Crippen LogP contribution in [0.5, 0.6) is 5.75 Å². The van der Waals surface area contributed by atoms with E-state index in [4.69, 9.17) is 30.8 Å². The summed E-state index contributed by atoms with van der Waals surface area (Å²) in [4.78, 5) is 70.8. The number of benzene rings is 2. The molecule has 8 rings (SSSR count). The molecule has 1 fully saturated rings. The number of amides is 5. The molecule has 5 aromatic rings. The number of piperidine rings is 1. The van der Waals surface area contributed by atoms with Crippen molar-refractivity contribution in [1.29, 1.82) is 0 Å². The molecule has 2 aromatic carbocycles. The number of aryl methyl sites for hydroxylation is 2. The monoisotopic (exact) mass is 868 g/mol. The van der Waals surface area contributed by atoms with E-state index < -0.39 is 35.7 Å². The minimum Gasteiger partial charge on any atom is -0.490 e. The normalized spacial score (nSPS) is 17.1. The van der Waals surface area contributed by atoms with Gasteiger partial charge >= 0.3 is 0 Å². The fraction of sp³-hybridized carbons (Fsp3) is 0.366. The third-order valence-corrected chi connectivity index (χ3v) is 12.0. The van der Waals surface area contributed by atoms with Crippen molar-refractivity contribution < 1.29 is 38.2 Å². The number of hydrogen-bond donors (Lipinski definition) is 2. The van der Waals surface area contributed by atoms with Crippen LogP contribution in [0.2, 0.25) is 5.02 Å². The summed E-state index contributed by atoms with van der Waals surface area (Å²) in [5.41, 5.74) is 4.60. The third-order valence-electron chi connectivity index (χ3n) is 10.5. The van der Waals surface area contributed by atoms with Gasteiger partial charge in [-0.1, -0.05) is 35.0 Å². The van der Waals surface area contributed by atoms with Crippen LogP contribution in [0.4, 0.5) is 0 Å². The van der Waals surface area contributed by atoms with Gasteiger partial charge < -0.3 is 19.5 Å². The van der Waals surface area contributed by atoms with Gasteiger partial charge in [0.05, 0.1) is 62.4 Å². The number of fused-ring (bicyclic) bond motifs is 4. The van der Waals surface area contributed by atoms with Crippen LogP contribution in [0.25, 0.3) is 5.00 Å². The Kier molecular flexibility index (Phi) is 12.2. The van der Waals surface area contributed by atoms with Gasteiger partial charge in [0.1, 0.15) is 41.0 Å². The van der Waals surface area contributed by atoms with Gasteiger partial charge in [-0.3, -0.25) is 48.4 Å². The van der Waals surface area contributed by atoms with Gasteiger partial charge in [0.25, 0.3) is 11.8 Å². The molecule has 3 aliphatic rings. The maximum atomic E-state index is 13.4. The predicted molar refractivity (Wildman–Crippen MR) is 220 cm³/mol. The fourth-order valence-electron chi connectivity index (χ4n) is 7.42. The Hall–Kier alpha value is -6.15. The SMILES string of the molecule is Cc1sc2c(c1C)C(c1ccc(Cl)cc1)=NC(CC(=O)NCCn1cc(COCCOCCOc3cccc4c3C(=O)N(C3CCC(=O)NC3=O)C4=O)nn1)c1nnc(C)n1-2. The van der Waals surface area contributed by atoms with Crippen LogP contribution in [-0.2, 0) is 37.0 Å². The molecule has 2 unspecified atom stereocenters. The zero-order valence-electron chi connectivity index (χ0n) is 33.5. The minimum absolute atomic E-state index is 0.0343. The maximum Gasteiger partial charge on any atom is 0.266 e. The van der Waals surface area contributed by atoms with Crippen molar-refractivity contribution in [2.45, 2.75) is 65.3 Å². The maximum absolute atomic E-state index is 13.4. The van der Waals surface area contributed by atoms with Gasteiger partial charge in [-0.2, -0.15) is 0 Å². The van der Waals surface area contributed by atoms with E-state index in [0.29, 0.717) is 35.5 Å². The quantitative estimate of drug-likeness (QED) is 0.108. The summed E-state index contributed by atoms with van der Waals surface area (Å²) in [6.45, 7) is 7.75. The van der Waals surface area contributed by atoms with Crippen LogP contribution < -0.4 is 15.4 Å². The fourth-order valence-corrected chi connectivity index (χ4v) is 8.76. The standard InChI is InChI=1S/C41H41ClN10O8S/c1-22-23(2)61-41-34(22)36(25-7-9-26(42)10-8-25)44-29(37-48-46-24(3)51(37)41)19-33(54)43-13-14-50-20-27(47-49-50)21-59-16-15-58-17-18-60-31-6-4-5-28-35(31)40(57)52(39(28)56)30-11-12-32(53)45-38(30)55/h4-10,20,29-30H,11-19,21H2,1-3H3,(H,43,54)(H,45,53,55). The third kappa shape index (κ3) is 8.59. The van der Waals surface area contributed by atoms with Crippen molar-refractivity contribution in [3.8, 4) is 10.8 Å². The first-order valence-electron chi connectivity index (χ1n) is 19.6. The van der Waals surface area contributed by atoms with Crippen molar-refractivity contribution in [2.24, 2.45) is 4.99 Å². The van der Waals surface area contributed by atoms with Crippen molar-refractivity contribution in [1.82, 2.24) is 45.3 Å². The molecule has 316 valence electrons. The smallest absolute Gasteiger partial charge is 0.266 e. The molecule has 61 heavy (non-hydrogen) atoms. The van der Waals surface area contributed by atoms with Crippen LogP contribution in [0.15, 0.2) is 53.7 Å². The van der Waals surface area contributed by atoms with E-state index >= 15 is 0 Å². The number of aromatic nitrogens is 6. The van der Waals surface area contributed by atoms with Gasteiger partial charge in [-0.15, -0.1) is 26.6 Å². The van der Waals surface area contributed by atoms with Crippen LogP contribution in [0, 0.1) is 20.8 Å². The number of nitrogens with zero attached hydrogens (tertiary/aromatic N) is 8. The number of thiophene rings is 1. The highest BCUT2D eigenvalue weighted by molar-refractivity contribution is 7.15. The molecule has 0 radical (unpaired) electrons. The summed E-state index contributed by atoms with van der Waals surface area (Å²) in [6.07, 6.45) is 1.91. The lowest BCUT2D eigenvalue weighted by molar-refractivity contribution is -0.136. The molecule has 2 N–H and O–H groups in total. The molecule has 3 aromatic heterocycles. The Balaban J connectivity index is 0.771. The van der Waals surface area contributed by atoms with Gasteiger partial charge in [0.15, 0.2) is 5.82 Å². The van der Waals surface area contributed by atoms with E-state index in [1.165, 1.54) is 6.07 Å². The largest absolute Gasteiger partial charge is 0.490 e. The first kappa shape index (κ1) is 41.6. The van der Waals surface area contributed by atoms with E-state index in [0.717, 1.165) is 37.2 Å². The van der Waals surface area contributed by atoms with E-state index in [1.807, 2.05) is 35.8 Å². The molecule has 0 aliphatic carbocycles. The summed E-state index contributed by atoms with van der Waals surface area (Å²) in [6, 6.07) is 10.6. The molecule has 5 amide bonds. The molecule has 2 atom stereocenters. The highest BCUT2D eigenvalue weighted by Gasteiger charge is 2.46. The minimum atomic E-state index is -1.06. The van der Waals surface area contributed by atoms with E-state index in [9.17, 15) is 24.0 Å². The van der Waals surface area contributed by atoms with E-state index in [1.54, 1.807) is 34.3 Å². The second kappa shape index (κ2) is 17.8. The van der Waals surface area contributed by atoms with Crippen molar-refractivity contribution in [2.75, 3.05) is 33.0 Å². The van der Waals surface area contributed by atoms with Crippen LogP contribution >= 0.6 is 22.9 Å². The summed E-state index contributed by atoms with van der Waals surface area (Å²) in [5.74, 6) is -1.04. The number of hydrogen-bond acceptors (Lipinski definition) is 14. The Labute approximate surface area is 358 Å². The van der Waals surface area contributed by atoms with E-state index in [2.05, 4.69) is 45.0 Å². The lowest BCUT2D eigenvalue weighted by Crippen LogP contribution is -2.54. The van der Waals surface area contributed by atoms with Gasteiger partial charge in [0.2, 0.25) is 17.7 Å². The summed E-state index contributed by atoms with van der Waals surface area (Å²) in [5, 5.41) is 23.9. The second-order valence-electron chi connectivity index (χ2n) is 14.6. The first-order valence-corrected chi connectivity index (χ1v) is 20.8. The lowest BCUT2D eigenvalue weighted by atomic mass is 9.99. The Morgan fingerprint density at radius 1 is 0.951 bits per heavy atom. The number of nitrogens with one attached hydrogen (secondary N) is 2. The summed E-state index contributed by atoms with van der Waals surface area (Å²) < 4.78 is 20.7. The molecular weight excluding hydrogens is 828 g/mol. The first-order chi connectivity index (χ1) is 29.5. The number of aliphatic imine (C=N–C) groups is 1. The lowest BCUT2D eigenvalue weighted by Gasteiger charge is -2.27. The molecule has 20 heteroatoms. The number of halogens is 1. The number of imide groups is 2. The van der Waals surface area contributed by atoms with Crippen molar-refractivity contribution in [3.05, 3.63) is 104 Å². The van der Waals surface area contributed by atoms with Gasteiger partial charge in [-0.25, -0.2) is 0 Å². The Morgan fingerprint density at radius 2 is 1.74 bits per heavy atom. The average molecular weight is 869 g/mol. The highest BCUT2D eigenvalue weighted by atomic mass is 35.5. The molecule has 0 saturated carbocycles. The van der Waals surface area contributed by atoms with E-state index in [-0.39, 0.29) is 75.1 Å². The van der Waals surface area contributed by atoms with Crippen LogP contribution in [0.1, 0.15) is 84.9 Å². The van der Waals surface area contributed by atoms with Crippen molar-refractivity contribution >= 4 is 58.2 Å². The molecule has 0 bridgehead atoms. The van der Waals surface area contributed by atoms with Crippen LogP contribution in [0.3, 0.4) is 0 Å². The predicted octanol–water partition coefficient (Wildman–Crippen LogP) is 3.61. The molecule has 1 saturated heterocycles. The number of carbonyl (C=O) groups excluding carboxylic acids is 5. The number of ether oxygens (including phenoxy) is 3. The zero-order valence-corrected chi connectivity index (χ0v) is 35.0. The highest BCUT2D eigenvalue weighted by Crippen LogP contribution is 2.40. The Morgan fingerprint density at radius 3 is 2.54 bits per heavy atom. The molecule has 0 spiro atoms. The molecule has 3 aliphatic heterocycles. The summed E-state index contributed by atoms with van der Waals surface area (Å²) in [7, 11) is 0.